The van der Waals surface area contributed by atoms with E-state index in [1.54, 1.807) is 12.3 Å². The smallest absolute Gasteiger partial charge is 0.242 e. The highest BCUT2D eigenvalue weighted by Crippen LogP contribution is 2.42. The first kappa shape index (κ1) is 9.72. The van der Waals surface area contributed by atoms with Crippen molar-refractivity contribution in [3.8, 4) is 11.3 Å². The molecule has 0 saturated carbocycles. The average Bonchev–Trinajstić information content (AvgIpc) is 2.65. The summed E-state index contributed by atoms with van der Waals surface area (Å²) in [4.78, 5) is 14.6. The average molecular weight is 224 g/mol. The number of fused-ring (bicyclic) bond motifs is 3. The highest BCUT2D eigenvalue weighted by Gasteiger charge is 2.25. The lowest BCUT2D eigenvalue weighted by Gasteiger charge is -1.96. The monoisotopic (exact) mass is 224 g/mol. The van der Waals surface area contributed by atoms with Gasteiger partial charge in [0.2, 0.25) is 6.20 Å². The molecule has 4 nitrogen and oxygen atoms in total. The van der Waals surface area contributed by atoms with Gasteiger partial charge in [-0.1, -0.05) is 30.3 Å². The van der Waals surface area contributed by atoms with E-state index in [1.807, 2.05) is 30.3 Å². The van der Waals surface area contributed by atoms with E-state index < -0.39 is 4.92 Å². The Balaban J connectivity index is 2.35. The molecule has 1 aromatic carbocycles. The first-order valence-electron chi connectivity index (χ1n) is 5.18. The molecule has 0 spiro atoms. The second-order valence-electron chi connectivity index (χ2n) is 3.77. The Labute approximate surface area is 97.4 Å². The van der Waals surface area contributed by atoms with Crippen LogP contribution in [0.2, 0.25) is 0 Å². The van der Waals surface area contributed by atoms with Crippen LogP contribution < -0.4 is 0 Å². The molecule has 1 aliphatic carbocycles. The third-order valence-corrected chi connectivity index (χ3v) is 2.80. The van der Waals surface area contributed by atoms with E-state index in [2.05, 4.69) is 4.98 Å². The van der Waals surface area contributed by atoms with Gasteiger partial charge in [0, 0.05) is 17.3 Å². The van der Waals surface area contributed by atoms with E-state index in [9.17, 15) is 10.1 Å². The van der Waals surface area contributed by atoms with Crippen LogP contribution in [0.15, 0.2) is 48.8 Å². The van der Waals surface area contributed by atoms with Gasteiger partial charge in [0.15, 0.2) is 0 Å². The summed E-state index contributed by atoms with van der Waals surface area (Å²) in [6, 6.07) is 11.2. The Morgan fingerprint density at radius 1 is 1.06 bits per heavy atom. The number of nitro groups is 1. The maximum Gasteiger partial charge on any atom is 0.242 e. The molecule has 0 bridgehead atoms. The zero-order chi connectivity index (χ0) is 11.8. The largest absolute Gasteiger partial charge is 0.259 e. The second-order valence-corrected chi connectivity index (χ2v) is 3.77. The van der Waals surface area contributed by atoms with Gasteiger partial charge >= 0.3 is 0 Å². The van der Waals surface area contributed by atoms with Gasteiger partial charge in [-0.15, -0.1) is 0 Å². The SMILES string of the molecule is O=[N+]([O-])C=C1c2ccccc2-c2ncccc21. The summed E-state index contributed by atoms with van der Waals surface area (Å²) in [6.45, 7) is 0. The number of hydrogen-bond acceptors (Lipinski definition) is 3. The van der Waals surface area contributed by atoms with Crippen molar-refractivity contribution in [3.05, 3.63) is 70.0 Å². The van der Waals surface area contributed by atoms with E-state index in [1.165, 1.54) is 0 Å². The zero-order valence-electron chi connectivity index (χ0n) is 8.83. The molecule has 0 aliphatic heterocycles. The molecule has 1 aliphatic rings. The highest BCUT2D eigenvalue weighted by molar-refractivity contribution is 5.99. The summed E-state index contributed by atoms with van der Waals surface area (Å²) in [5, 5.41) is 10.7. The summed E-state index contributed by atoms with van der Waals surface area (Å²) in [7, 11) is 0. The Bertz CT molecular complexity index is 600. The van der Waals surface area contributed by atoms with Gasteiger partial charge in [0.1, 0.15) is 0 Å². The van der Waals surface area contributed by atoms with Crippen molar-refractivity contribution in [1.29, 1.82) is 0 Å². The normalized spacial score (nSPS) is 14.5. The van der Waals surface area contributed by atoms with Crippen molar-refractivity contribution in [2.75, 3.05) is 0 Å². The van der Waals surface area contributed by atoms with Crippen LogP contribution in [0.1, 0.15) is 11.1 Å². The molecule has 0 fully saturated rings. The highest BCUT2D eigenvalue weighted by atomic mass is 16.6. The van der Waals surface area contributed by atoms with E-state index in [0.717, 1.165) is 28.6 Å². The van der Waals surface area contributed by atoms with Gasteiger partial charge in [-0.2, -0.15) is 0 Å². The quantitative estimate of drug-likeness (QED) is 0.471. The Hall–Kier alpha value is -2.49. The van der Waals surface area contributed by atoms with Gasteiger partial charge in [-0.05, 0) is 11.6 Å². The molecule has 2 aromatic rings. The molecule has 0 unspecified atom stereocenters. The minimum atomic E-state index is -0.422. The molecule has 0 radical (unpaired) electrons. The Morgan fingerprint density at radius 3 is 2.53 bits per heavy atom. The fraction of sp³-hybridized carbons (Fsp3) is 0. The van der Waals surface area contributed by atoms with Crippen molar-refractivity contribution >= 4 is 5.57 Å². The summed E-state index contributed by atoms with van der Waals surface area (Å²) in [5.41, 5.74) is 4.10. The van der Waals surface area contributed by atoms with Gasteiger partial charge in [-0.3, -0.25) is 15.1 Å². The van der Waals surface area contributed by atoms with Crippen LogP contribution in [0.25, 0.3) is 16.8 Å². The summed E-state index contributed by atoms with van der Waals surface area (Å²) >= 11 is 0. The lowest BCUT2D eigenvalue weighted by atomic mass is 10.1. The van der Waals surface area contributed by atoms with Gasteiger partial charge in [0.25, 0.3) is 0 Å². The molecule has 0 N–H and O–H groups in total. The standard InChI is InChI=1S/C13H8N2O2/c16-15(17)8-12-9-4-1-2-5-10(9)13-11(12)6-3-7-14-13/h1-8H. The molecule has 0 atom stereocenters. The zero-order valence-corrected chi connectivity index (χ0v) is 8.83. The second kappa shape index (κ2) is 3.52. The number of rotatable bonds is 1. The lowest BCUT2D eigenvalue weighted by Crippen LogP contribution is -1.89. The predicted molar refractivity (Wildman–Crippen MR) is 63.7 cm³/mol. The van der Waals surface area contributed by atoms with Crippen LogP contribution in [0.3, 0.4) is 0 Å². The fourth-order valence-corrected chi connectivity index (χ4v) is 2.15. The molecule has 0 amide bonds. The minimum absolute atomic E-state index is 0.422. The lowest BCUT2D eigenvalue weighted by molar-refractivity contribution is -0.401. The van der Waals surface area contributed by atoms with Crippen molar-refractivity contribution in [3.63, 3.8) is 0 Å². The van der Waals surface area contributed by atoms with Gasteiger partial charge < -0.3 is 0 Å². The summed E-state index contributed by atoms with van der Waals surface area (Å²) in [5.74, 6) is 0. The van der Waals surface area contributed by atoms with E-state index in [-0.39, 0.29) is 0 Å². The van der Waals surface area contributed by atoms with Crippen molar-refractivity contribution in [2.45, 2.75) is 0 Å². The van der Waals surface area contributed by atoms with Crippen LogP contribution in [-0.4, -0.2) is 9.91 Å². The number of hydrogen-bond donors (Lipinski definition) is 0. The van der Waals surface area contributed by atoms with Gasteiger partial charge in [-0.25, -0.2) is 0 Å². The number of nitrogens with zero attached hydrogens (tertiary/aromatic N) is 2. The number of pyridine rings is 1. The van der Waals surface area contributed by atoms with E-state index >= 15 is 0 Å². The third kappa shape index (κ3) is 1.42. The Kier molecular flexibility index (Phi) is 2.01. The number of aromatic nitrogens is 1. The van der Waals surface area contributed by atoms with E-state index in [0.29, 0.717) is 5.57 Å². The molecule has 0 saturated heterocycles. The van der Waals surface area contributed by atoms with E-state index in [4.69, 9.17) is 0 Å². The third-order valence-electron chi connectivity index (χ3n) is 2.80. The minimum Gasteiger partial charge on any atom is -0.259 e. The molecule has 82 valence electrons. The van der Waals surface area contributed by atoms with Crippen molar-refractivity contribution in [1.82, 2.24) is 4.98 Å². The summed E-state index contributed by atoms with van der Waals surface area (Å²) in [6.07, 6.45) is 2.75. The first-order valence-corrected chi connectivity index (χ1v) is 5.18. The Morgan fingerprint density at radius 2 is 1.76 bits per heavy atom. The molecule has 3 rings (SSSR count). The molecule has 1 heterocycles. The number of benzene rings is 1. The summed E-state index contributed by atoms with van der Waals surface area (Å²) < 4.78 is 0. The van der Waals surface area contributed by atoms with Crippen LogP contribution in [0.4, 0.5) is 0 Å². The van der Waals surface area contributed by atoms with Crippen LogP contribution in [0, 0.1) is 10.1 Å². The first-order chi connectivity index (χ1) is 8.27. The molecule has 17 heavy (non-hydrogen) atoms. The maximum absolute atomic E-state index is 10.7. The molecule has 1 aromatic heterocycles. The molecular formula is C13H8N2O2. The maximum atomic E-state index is 10.7. The predicted octanol–water partition coefficient (Wildman–Crippen LogP) is 2.73. The van der Waals surface area contributed by atoms with Crippen LogP contribution in [-0.2, 0) is 0 Å². The van der Waals surface area contributed by atoms with Gasteiger partial charge in [0.05, 0.1) is 16.2 Å². The van der Waals surface area contributed by atoms with Crippen LogP contribution >= 0.6 is 0 Å². The van der Waals surface area contributed by atoms with Crippen molar-refractivity contribution < 1.29 is 4.92 Å². The topological polar surface area (TPSA) is 56.0 Å². The van der Waals surface area contributed by atoms with Crippen LogP contribution in [0.5, 0.6) is 0 Å². The fourth-order valence-electron chi connectivity index (χ4n) is 2.15. The molecular weight excluding hydrogens is 216 g/mol. The molecule has 4 heteroatoms. The van der Waals surface area contributed by atoms with Crippen molar-refractivity contribution in [2.24, 2.45) is 0 Å².